The second-order valence-corrected chi connectivity index (χ2v) is 16.8. The molecule has 2 aromatic rings. The van der Waals surface area contributed by atoms with Crippen molar-refractivity contribution in [1.29, 1.82) is 0 Å². The molecule has 0 spiro atoms. The van der Waals surface area contributed by atoms with E-state index in [1.165, 1.54) is 12.1 Å². The minimum atomic E-state index is -1.04. The quantitative estimate of drug-likeness (QED) is 0.0693. The van der Waals surface area contributed by atoms with Gasteiger partial charge in [0.05, 0.1) is 30.9 Å². The summed E-state index contributed by atoms with van der Waals surface area (Å²) in [4.78, 5) is 71.8. The van der Waals surface area contributed by atoms with E-state index >= 15 is 0 Å². The summed E-state index contributed by atoms with van der Waals surface area (Å²) in [6.45, 7) is 18.5. The number of hydrogen-bond donors (Lipinski definition) is 5. The number of carbonyl (C=O) groups is 6. The Morgan fingerprint density at radius 2 is 1.05 bits per heavy atom. The molecule has 2 aliphatic carbocycles. The van der Waals surface area contributed by atoms with Crippen LogP contribution in [0.4, 0.5) is 9.59 Å². The van der Waals surface area contributed by atoms with Gasteiger partial charge in [-0.1, -0.05) is 11.8 Å². The van der Waals surface area contributed by atoms with Gasteiger partial charge < -0.3 is 55.2 Å². The van der Waals surface area contributed by atoms with Crippen LogP contribution in [0, 0.1) is 35.5 Å². The van der Waals surface area contributed by atoms with E-state index < -0.39 is 71.4 Å². The molecule has 4 rings (SSSR count). The lowest BCUT2D eigenvalue weighted by Gasteiger charge is -2.29. The van der Waals surface area contributed by atoms with Crippen LogP contribution in [0.2, 0.25) is 0 Å². The van der Waals surface area contributed by atoms with Crippen LogP contribution in [-0.4, -0.2) is 103 Å². The fraction of sp³-hybridized carbons (Fsp3) is 0.542. The minimum absolute atomic E-state index is 0.0488. The molecule has 6 N–H and O–H groups in total. The van der Waals surface area contributed by atoms with Crippen molar-refractivity contribution in [2.45, 2.75) is 130 Å². The molecular weight excluding hydrogens is 841 g/mol. The van der Waals surface area contributed by atoms with Crippen LogP contribution in [0.3, 0.4) is 0 Å². The van der Waals surface area contributed by atoms with Gasteiger partial charge in [0.1, 0.15) is 48.0 Å². The summed E-state index contributed by atoms with van der Waals surface area (Å²) in [5, 5.41) is 16.8. The Hall–Kier alpha value is -6.46. The third-order valence-electron chi connectivity index (χ3n) is 8.95. The van der Waals surface area contributed by atoms with Crippen LogP contribution in [0.25, 0.3) is 0 Å². The van der Waals surface area contributed by atoms with Crippen molar-refractivity contribution in [1.82, 2.24) is 16.0 Å². The molecule has 2 fully saturated rings. The Morgan fingerprint density at radius 3 is 1.43 bits per heavy atom. The Kier molecular flexibility index (Phi) is 22.7. The molecule has 2 aromatic carbocycles. The average Bonchev–Trinajstić information content (AvgIpc) is 4.17. The largest absolute Gasteiger partial charge is 0.481 e. The topological polar surface area (TPSA) is 240 Å². The van der Waals surface area contributed by atoms with Gasteiger partial charge in [-0.2, -0.15) is 0 Å². The molecule has 65 heavy (non-hydrogen) atoms. The summed E-state index contributed by atoms with van der Waals surface area (Å²) >= 11 is 0. The molecule has 4 atom stereocenters. The van der Waals surface area contributed by atoms with Crippen LogP contribution in [0.5, 0.6) is 11.5 Å². The van der Waals surface area contributed by atoms with E-state index in [-0.39, 0.29) is 37.2 Å². The van der Waals surface area contributed by atoms with Gasteiger partial charge in [0.2, 0.25) is 0 Å². The molecule has 0 aromatic heterocycles. The highest BCUT2D eigenvalue weighted by Gasteiger charge is 2.43. The monoisotopic (exact) mass is 906 g/mol. The molecule has 0 saturated heterocycles. The first-order valence-corrected chi connectivity index (χ1v) is 21.5. The summed E-state index contributed by atoms with van der Waals surface area (Å²) in [6.07, 6.45) is 2.37. The third kappa shape index (κ3) is 22.1. The maximum absolute atomic E-state index is 12.9. The normalized spacial score (nSPS) is 14.5. The number of benzene rings is 2. The van der Waals surface area contributed by atoms with Gasteiger partial charge in [-0.3, -0.25) is 9.59 Å². The zero-order chi connectivity index (χ0) is 48.7. The molecular formula is C48H66N4O13. The lowest BCUT2D eigenvalue weighted by Crippen LogP contribution is -2.57. The van der Waals surface area contributed by atoms with Crippen molar-refractivity contribution in [2.75, 3.05) is 26.4 Å². The molecule has 356 valence electrons. The molecule has 17 heteroatoms. The molecule has 0 radical (unpaired) electrons. The van der Waals surface area contributed by atoms with Crippen LogP contribution < -0.4 is 31.2 Å². The Morgan fingerprint density at radius 1 is 0.646 bits per heavy atom. The van der Waals surface area contributed by atoms with Crippen molar-refractivity contribution in [3.63, 3.8) is 0 Å². The second-order valence-electron chi connectivity index (χ2n) is 16.8. The SMILES string of the molecule is CC#CCOc1ccc(C(=O)N[C@H](C(=O)OCC)[C@H](NC(=O)OC(C)(C)C)C2CC2)cc1.CC#CCOc1ccc(C(=O)O)cc1.CCOC(=O)[C@@H](N)[C@H](NC(=O)OC(C)(C)C)C1CC1. The first-order chi connectivity index (χ1) is 30.6. The first-order valence-electron chi connectivity index (χ1n) is 21.5. The first kappa shape index (κ1) is 54.7. The smallest absolute Gasteiger partial charge is 0.407 e. The van der Waals surface area contributed by atoms with Gasteiger partial charge >= 0.3 is 30.1 Å². The van der Waals surface area contributed by atoms with E-state index in [0.29, 0.717) is 23.7 Å². The van der Waals surface area contributed by atoms with Crippen molar-refractivity contribution < 1.29 is 62.3 Å². The maximum Gasteiger partial charge on any atom is 0.407 e. The molecule has 2 saturated carbocycles. The van der Waals surface area contributed by atoms with Crippen molar-refractivity contribution in [3.05, 3.63) is 59.7 Å². The summed E-state index contributed by atoms with van der Waals surface area (Å²) < 4.78 is 31.3. The highest BCUT2D eigenvalue weighted by Crippen LogP contribution is 2.35. The van der Waals surface area contributed by atoms with E-state index in [4.69, 9.17) is 39.3 Å². The van der Waals surface area contributed by atoms with Gasteiger partial charge in [-0.05, 0) is 155 Å². The predicted molar refractivity (Wildman–Crippen MR) is 242 cm³/mol. The van der Waals surface area contributed by atoms with Crippen LogP contribution >= 0.6 is 0 Å². The molecule has 0 heterocycles. The van der Waals surface area contributed by atoms with Crippen molar-refractivity contribution in [2.24, 2.45) is 17.6 Å². The number of aromatic carboxylic acids is 1. The molecule has 0 aliphatic heterocycles. The standard InChI is InChI=1S/C24H32N2O6.C13H24N2O4.C11H10O3/c1-6-8-15-31-18-13-11-17(12-14-18)21(27)25-20(22(28)30-7-2)19(16-9-10-16)26-23(29)32-24(3,4)5;1-5-18-11(16)9(14)10(8-6-7-8)15-12(17)19-13(2,3)4;1-2-3-8-14-10-6-4-9(5-7-10)11(12)13/h11-14,16,19-20H,7,9-10,15H2,1-5H3,(H,25,27)(H,26,29);8-10H,5-7,14H2,1-4H3,(H,15,17);4-7H,8H2,1H3,(H,12,13)/t19-,20+;9-,10+;/m10./s1. The molecule has 2 aliphatic rings. The number of amides is 3. The lowest BCUT2D eigenvalue weighted by molar-refractivity contribution is -0.147. The second kappa shape index (κ2) is 27.0. The fourth-order valence-electron chi connectivity index (χ4n) is 5.69. The summed E-state index contributed by atoms with van der Waals surface area (Å²) in [7, 11) is 0. The summed E-state index contributed by atoms with van der Waals surface area (Å²) in [6, 6.07) is 9.77. The molecule has 3 amide bonds. The van der Waals surface area contributed by atoms with Crippen LogP contribution in [0.1, 0.15) is 116 Å². The third-order valence-corrected chi connectivity index (χ3v) is 8.95. The number of rotatable bonds is 17. The number of hydrogen-bond acceptors (Lipinski definition) is 13. The number of carboxylic acid groups (broad SMARTS) is 1. The van der Waals surface area contributed by atoms with Crippen molar-refractivity contribution >= 4 is 36.0 Å². The van der Waals surface area contributed by atoms with E-state index in [2.05, 4.69) is 39.6 Å². The highest BCUT2D eigenvalue weighted by molar-refractivity contribution is 5.97. The van der Waals surface area contributed by atoms with E-state index in [0.717, 1.165) is 25.7 Å². The van der Waals surface area contributed by atoms with E-state index in [1.54, 1.807) is 106 Å². The molecule has 0 bridgehead atoms. The van der Waals surface area contributed by atoms with Gasteiger partial charge in [0, 0.05) is 5.56 Å². The number of esters is 2. The Balaban J connectivity index is 0.000000371. The number of carboxylic acids is 1. The number of nitrogens with one attached hydrogen (secondary N) is 3. The van der Waals surface area contributed by atoms with Gasteiger partial charge in [0.15, 0.2) is 0 Å². The number of alkyl carbamates (subject to hydrolysis) is 2. The van der Waals surface area contributed by atoms with Gasteiger partial charge in [-0.15, -0.1) is 11.8 Å². The summed E-state index contributed by atoms with van der Waals surface area (Å²) in [5.41, 5.74) is 5.19. The van der Waals surface area contributed by atoms with Crippen LogP contribution in [0.15, 0.2) is 48.5 Å². The number of ether oxygens (including phenoxy) is 6. The van der Waals surface area contributed by atoms with Gasteiger partial charge in [-0.25, -0.2) is 19.2 Å². The molecule has 17 nitrogen and oxygen atoms in total. The lowest BCUT2D eigenvalue weighted by atomic mass is 10.0. The fourth-order valence-corrected chi connectivity index (χ4v) is 5.69. The highest BCUT2D eigenvalue weighted by atomic mass is 16.6. The zero-order valence-electron chi connectivity index (χ0n) is 39.2. The Bertz CT molecular complexity index is 1990. The predicted octanol–water partition coefficient (Wildman–Crippen LogP) is 6.02. The van der Waals surface area contributed by atoms with Gasteiger partial charge in [0.25, 0.3) is 5.91 Å². The zero-order valence-corrected chi connectivity index (χ0v) is 39.2. The van der Waals surface area contributed by atoms with Crippen molar-refractivity contribution in [3.8, 4) is 35.2 Å². The van der Waals surface area contributed by atoms with E-state index in [1.807, 2.05) is 0 Å². The maximum atomic E-state index is 12.9. The average molecular weight is 907 g/mol. The van der Waals surface area contributed by atoms with Crippen LogP contribution in [-0.2, 0) is 28.5 Å². The number of nitrogens with two attached hydrogens (primary N) is 1. The molecule has 0 unspecified atom stereocenters. The summed E-state index contributed by atoms with van der Waals surface area (Å²) in [5.74, 6) is 9.96. The minimum Gasteiger partial charge on any atom is -0.481 e. The number of carbonyl (C=O) groups excluding carboxylic acids is 5. The van der Waals surface area contributed by atoms with E-state index in [9.17, 15) is 28.8 Å². The Labute approximate surface area is 382 Å².